The minimum atomic E-state index is -0.698. The van der Waals surface area contributed by atoms with Gasteiger partial charge in [-0.3, -0.25) is 28.8 Å². The molecule has 0 heterocycles. The van der Waals surface area contributed by atoms with Crippen LogP contribution in [0.3, 0.4) is 0 Å². The van der Waals surface area contributed by atoms with Crippen LogP contribution in [-0.4, -0.2) is 69.7 Å². The predicted molar refractivity (Wildman–Crippen MR) is 446 cm³/mol. The molecule has 42 heteroatoms. The van der Waals surface area contributed by atoms with E-state index in [1.807, 2.05) is 67.5 Å². The summed E-state index contributed by atoms with van der Waals surface area (Å²) in [6, 6.07) is 29.9. The predicted octanol–water partition coefficient (Wildman–Crippen LogP) is 23.5. The summed E-state index contributed by atoms with van der Waals surface area (Å²) < 4.78 is 3.12. The first-order chi connectivity index (χ1) is 53.0. The molecule has 0 saturated carbocycles. The van der Waals surface area contributed by atoms with Gasteiger partial charge in [0.25, 0.3) is 0 Å². The first kappa shape index (κ1) is 98.0. The highest BCUT2D eigenvalue weighted by Crippen LogP contribution is 2.28. The SMILES string of the molecule is CC(C)=NOCc1c(Br)cccc1C(=O)N=[N+]=[N-].CC(C)=NOCc1c(Cl)cccc1C(=O)N=[N+]=[N-].CC(C)=NOCc1c(I)cccc1C(=O)N=[N+]=[N-].CCC(C)=NOCc1c(Br)cccc1C(=O)N=[N+]=[N-].CCC(C)=NOCc1c(Cl)cccc1C(=O)N=[N+]=[N-].CCC(C)=NOCc1c(I)cccc1C(=O)N=[N+]=[N-]. The summed E-state index contributed by atoms with van der Waals surface area (Å²) in [5.41, 5.74) is 59.7. The lowest BCUT2D eigenvalue weighted by Crippen LogP contribution is -2.04. The molecule has 6 amide bonds. The van der Waals surface area contributed by atoms with Gasteiger partial charge in [0.2, 0.25) is 35.4 Å². The molecule has 0 bridgehead atoms. The van der Waals surface area contributed by atoms with Crippen LogP contribution in [0, 0.1) is 7.14 Å². The number of rotatable bonds is 27. The van der Waals surface area contributed by atoms with Crippen molar-refractivity contribution in [1.29, 1.82) is 0 Å². The second-order valence-electron chi connectivity index (χ2n) is 21.9. The molecule has 0 unspecified atom stereocenters. The molecule has 111 heavy (non-hydrogen) atoms. The normalized spacial score (nSPS) is 10.1. The third kappa shape index (κ3) is 37.8. The molecule has 0 atom stereocenters. The van der Waals surface area contributed by atoms with Gasteiger partial charge in [-0.2, -0.15) is 0 Å². The monoisotopic (exact) mass is 1910 g/mol. The molecule has 0 spiro atoms. The maximum atomic E-state index is 11.7. The molecule has 0 aliphatic heterocycles. The van der Waals surface area contributed by atoms with Crippen molar-refractivity contribution in [1.82, 2.24) is 0 Å². The number of nitrogens with zero attached hydrogens (tertiary/aromatic N) is 24. The molecule has 6 aromatic carbocycles. The van der Waals surface area contributed by atoms with Crippen LogP contribution in [0.1, 0.15) is 198 Å². The summed E-state index contributed by atoms with van der Waals surface area (Å²) in [6.45, 7) is 22.9. The zero-order chi connectivity index (χ0) is 83.4. The van der Waals surface area contributed by atoms with Crippen LogP contribution in [0.2, 0.25) is 10.0 Å². The minimum Gasteiger partial charge on any atom is -0.391 e. The van der Waals surface area contributed by atoms with Crippen molar-refractivity contribution in [3.05, 3.63) is 265 Å². The van der Waals surface area contributed by atoms with E-state index in [1.54, 1.807) is 113 Å². The molecule has 0 aliphatic carbocycles. The lowest BCUT2D eigenvalue weighted by atomic mass is 10.1. The number of amides is 6. The van der Waals surface area contributed by atoms with Crippen LogP contribution in [0.25, 0.3) is 62.7 Å². The molecule has 0 N–H and O–H groups in total. The summed E-state index contributed by atoms with van der Waals surface area (Å²) >= 11 is 22.8. The van der Waals surface area contributed by atoms with Crippen LogP contribution in [0.4, 0.5) is 0 Å². The van der Waals surface area contributed by atoms with Crippen molar-refractivity contribution in [3.63, 3.8) is 0 Å². The molecular formula is C69H72Br2Cl2I2N24O12. The summed E-state index contributed by atoms with van der Waals surface area (Å²) in [5, 5.41) is 42.2. The number of carbonyl (C=O) groups excluding carboxylic acids is 6. The van der Waals surface area contributed by atoms with E-state index < -0.39 is 35.4 Å². The van der Waals surface area contributed by atoms with Gasteiger partial charge in [0, 0.05) is 122 Å². The van der Waals surface area contributed by atoms with Gasteiger partial charge < -0.3 is 29.0 Å². The van der Waals surface area contributed by atoms with Crippen molar-refractivity contribution in [2.24, 2.45) is 61.6 Å². The zero-order valence-electron chi connectivity index (χ0n) is 61.7. The third-order valence-corrected chi connectivity index (χ3v) is 17.3. The number of hydrogen-bond donors (Lipinski definition) is 0. The van der Waals surface area contributed by atoms with Crippen molar-refractivity contribution >= 4 is 170 Å². The van der Waals surface area contributed by atoms with Gasteiger partial charge in [0.1, 0.15) is 39.6 Å². The average Bonchev–Trinajstić information content (AvgIpc) is 0.881. The Morgan fingerprint density at radius 1 is 0.324 bits per heavy atom. The summed E-state index contributed by atoms with van der Waals surface area (Å²) in [4.78, 5) is 115. The zero-order valence-corrected chi connectivity index (χ0v) is 70.7. The number of benzene rings is 6. The van der Waals surface area contributed by atoms with E-state index in [4.69, 9.17) is 85.4 Å². The highest BCUT2D eigenvalue weighted by molar-refractivity contribution is 14.1. The standard InChI is InChI=1S/C12H13BrN4O2.C12H13ClN4O2.C12H13IN4O2.C11H11BrN4O2.C11H11ClN4O2.C11H11IN4O2/c3*1-3-8(2)16-19-7-10-9(12(18)15-17-14)5-4-6-11(10)13;3*1-7(2)15-18-6-9-8(11(17)14-16-13)4-3-5-10(9)12/h3*4-6H,3,7H2,1-2H3;3*3-5H,6H2,1-2H3. The van der Waals surface area contributed by atoms with Crippen LogP contribution >= 0.6 is 100 Å². The Morgan fingerprint density at radius 2 is 0.523 bits per heavy atom. The van der Waals surface area contributed by atoms with Gasteiger partial charge in [0.05, 0.1) is 34.3 Å². The second-order valence-corrected chi connectivity index (χ2v) is 26.7. The Labute approximate surface area is 690 Å². The highest BCUT2D eigenvalue weighted by Gasteiger charge is 2.19. The van der Waals surface area contributed by atoms with E-state index in [9.17, 15) is 28.8 Å². The Balaban J connectivity index is 0.000000666. The van der Waals surface area contributed by atoms with E-state index in [0.717, 1.165) is 60.7 Å². The Kier molecular flexibility index (Phi) is 49.7. The van der Waals surface area contributed by atoms with Crippen molar-refractivity contribution in [2.45, 2.75) is 142 Å². The van der Waals surface area contributed by atoms with Gasteiger partial charge in [-0.25, -0.2) is 0 Å². The topological polar surface area (TPSA) is 525 Å². The third-order valence-electron chi connectivity index (χ3n) is 13.1. The first-order valence-electron chi connectivity index (χ1n) is 32.0. The molecule has 0 fully saturated rings. The minimum absolute atomic E-state index is 0.0346. The van der Waals surface area contributed by atoms with Crippen molar-refractivity contribution in [3.8, 4) is 0 Å². The number of halogens is 6. The fourth-order valence-electron chi connectivity index (χ4n) is 7.49. The number of azide groups is 6. The van der Waals surface area contributed by atoms with Gasteiger partial charge >= 0.3 is 0 Å². The summed E-state index contributed by atoms with van der Waals surface area (Å²) in [7, 11) is 0. The van der Waals surface area contributed by atoms with Gasteiger partial charge in [-0.1, -0.05) is 180 Å². The number of oxime groups is 6. The van der Waals surface area contributed by atoms with Crippen LogP contribution in [-0.2, 0) is 68.7 Å². The van der Waals surface area contributed by atoms with Crippen molar-refractivity contribution < 1.29 is 57.8 Å². The van der Waals surface area contributed by atoms with E-state index in [-0.39, 0.29) is 50.8 Å². The molecular weight excluding hydrogens is 1840 g/mol. The fraction of sp³-hybridized carbons (Fsp3) is 0.304. The maximum absolute atomic E-state index is 11.7. The average molecular weight is 1910 g/mol. The van der Waals surface area contributed by atoms with Crippen LogP contribution < -0.4 is 0 Å². The number of hydrogen-bond acceptors (Lipinski definition) is 18. The summed E-state index contributed by atoms with van der Waals surface area (Å²) in [5.74, 6) is -3.91. The first-order valence-corrected chi connectivity index (χ1v) is 36.5. The molecule has 0 aliphatic rings. The summed E-state index contributed by atoms with van der Waals surface area (Å²) in [6.07, 6.45) is 2.36. The van der Waals surface area contributed by atoms with Gasteiger partial charge in [-0.05, 0) is 227 Å². The second kappa shape index (κ2) is 56.3. The van der Waals surface area contributed by atoms with Gasteiger partial charge in [0.15, 0.2) is 0 Å². The lowest BCUT2D eigenvalue weighted by molar-refractivity contribution is 0.0980. The Morgan fingerprint density at radius 3 is 0.757 bits per heavy atom. The van der Waals surface area contributed by atoms with Crippen LogP contribution in [0.15, 0.2) is 180 Å². The Bertz CT molecular complexity index is 4320. The molecule has 6 rings (SSSR count). The molecule has 582 valence electrons. The van der Waals surface area contributed by atoms with Crippen molar-refractivity contribution in [2.75, 3.05) is 0 Å². The van der Waals surface area contributed by atoms with E-state index in [0.29, 0.717) is 74.6 Å². The van der Waals surface area contributed by atoms with E-state index >= 15 is 0 Å². The molecule has 0 saturated heterocycles. The van der Waals surface area contributed by atoms with E-state index in [1.165, 1.54) is 12.1 Å². The van der Waals surface area contributed by atoms with E-state index in [2.05, 4.69) is 168 Å². The Hall–Kier alpha value is -11.0. The van der Waals surface area contributed by atoms with Crippen LogP contribution in [0.5, 0.6) is 0 Å². The molecule has 36 nitrogen and oxygen atoms in total. The fourth-order valence-corrected chi connectivity index (χ4v) is 10.2. The smallest absolute Gasteiger partial charge is 0.249 e. The van der Waals surface area contributed by atoms with Gasteiger partial charge in [-0.15, -0.1) is 0 Å². The maximum Gasteiger partial charge on any atom is 0.249 e. The molecule has 0 radical (unpaired) electrons. The molecule has 6 aromatic rings. The highest BCUT2D eigenvalue weighted by atomic mass is 127. The molecule has 0 aromatic heterocycles. The number of carbonyl (C=O) groups is 6. The largest absolute Gasteiger partial charge is 0.391 e. The lowest BCUT2D eigenvalue weighted by Gasteiger charge is -2.08. The quantitative estimate of drug-likeness (QED) is 0.0116.